The van der Waals surface area contributed by atoms with Crippen molar-refractivity contribution in [2.45, 2.75) is 76.6 Å². The number of amides is 2. The predicted molar refractivity (Wildman–Crippen MR) is 212 cm³/mol. The average molecular weight is 766 g/mol. The Labute approximate surface area is 327 Å². The van der Waals surface area contributed by atoms with Crippen molar-refractivity contribution in [1.29, 1.82) is 0 Å². The number of aliphatic hydroxyl groups is 1. The molecule has 2 heterocycles. The Morgan fingerprint density at radius 2 is 1.45 bits per heavy atom. The largest absolute Gasteiger partial charge is 0.392 e. The minimum Gasteiger partial charge on any atom is -0.392 e. The number of rotatable bonds is 17. The molecule has 4 aromatic carbocycles. The summed E-state index contributed by atoms with van der Waals surface area (Å²) in [5.74, 6) is -0.397. The van der Waals surface area contributed by atoms with Gasteiger partial charge in [-0.15, -0.1) is 0 Å². The zero-order valence-electron chi connectivity index (χ0n) is 31.6. The molecule has 2 amide bonds. The van der Waals surface area contributed by atoms with Crippen molar-refractivity contribution < 1.29 is 34.3 Å². The van der Waals surface area contributed by atoms with E-state index in [4.69, 9.17) is 14.7 Å². The average Bonchev–Trinajstić information content (AvgIpc) is 3.24. The number of benzene rings is 4. The molecule has 3 unspecified atom stereocenters. The van der Waals surface area contributed by atoms with Crippen LogP contribution in [0.1, 0.15) is 79.6 Å². The van der Waals surface area contributed by atoms with Gasteiger partial charge in [0.2, 0.25) is 11.8 Å². The van der Waals surface area contributed by atoms with Crippen LogP contribution in [0.25, 0.3) is 11.1 Å². The van der Waals surface area contributed by atoms with Gasteiger partial charge in [-0.05, 0) is 58.9 Å². The number of non-ortho nitro benzene ring substituents is 1. The molecular weight excluding hydrogens is 714 g/mol. The van der Waals surface area contributed by atoms with Gasteiger partial charge in [-0.3, -0.25) is 29.8 Å². The van der Waals surface area contributed by atoms with Crippen LogP contribution in [-0.2, 0) is 32.2 Å². The Balaban J connectivity index is 1.05. The van der Waals surface area contributed by atoms with Crippen LogP contribution < -0.4 is 15.7 Å². The first-order valence-corrected chi connectivity index (χ1v) is 19.4. The van der Waals surface area contributed by atoms with Gasteiger partial charge in [0.15, 0.2) is 6.29 Å². The molecule has 296 valence electrons. The van der Waals surface area contributed by atoms with Crippen LogP contribution in [-0.4, -0.2) is 70.8 Å². The Morgan fingerprint density at radius 1 is 0.768 bits per heavy atom. The van der Waals surface area contributed by atoms with Crippen LogP contribution in [0.3, 0.4) is 0 Å². The van der Waals surface area contributed by atoms with E-state index in [0.717, 1.165) is 91.1 Å². The molecule has 2 saturated heterocycles. The molecule has 56 heavy (non-hydrogen) atoms. The fourth-order valence-electron chi connectivity index (χ4n) is 7.26. The summed E-state index contributed by atoms with van der Waals surface area (Å²) in [5.41, 5.74) is 8.57. The summed E-state index contributed by atoms with van der Waals surface area (Å²) in [7, 11) is 0. The lowest BCUT2D eigenvalue weighted by molar-refractivity contribution is -0.384. The molecule has 4 aromatic rings. The maximum absolute atomic E-state index is 12.5. The van der Waals surface area contributed by atoms with Crippen molar-refractivity contribution in [2.75, 3.05) is 37.6 Å². The smallest absolute Gasteiger partial charge is 0.269 e. The SMILES string of the molecule is O=C(CCCCCCC(=O)NCc1cccc(-c2ccc(C3OC(CN4CCN(c5ccc([N+](=O)[O-])cc5)CC4)CC(c4ccc(CO)cc4)O3)cc2)c1)NO. The van der Waals surface area contributed by atoms with Gasteiger partial charge in [0.05, 0.1) is 23.7 Å². The minimum atomic E-state index is -0.576. The molecule has 0 aromatic heterocycles. The number of hydroxylamine groups is 1. The van der Waals surface area contributed by atoms with E-state index in [2.05, 4.69) is 39.4 Å². The van der Waals surface area contributed by atoms with Gasteiger partial charge in [0, 0.05) is 81.9 Å². The van der Waals surface area contributed by atoms with Crippen molar-refractivity contribution in [1.82, 2.24) is 15.7 Å². The zero-order valence-corrected chi connectivity index (χ0v) is 31.6. The number of nitrogens with one attached hydrogen (secondary N) is 2. The summed E-state index contributed by atoms with van der Waals surface area (Å²) in [6, 6.07) is 31.0. The third-order valence-electron chi connectivity index (χ3n) is 10.5. The fourth-order valence-corrected chi connectivity index (χ4v) is 7.26. The summed E-state index contributed by atoms with van der Waals surface area (Å²) >= 11 is 0. The van der Waals surface area contributed by atoms with E-state index in [-0.39, 0.29) is 47.7 Å². The van der Waals surface area contributed by atoms with Crippen molar-refractivity contribution >= 4 is 23.2 Å². The molecule has 13 heteroatoms. The first-order chi connectivity index (χ1) is 27.3. The highest BCUT2D eigenvalue weighted by Crippen LogP contribution is 2.39. The highest BCUT2D eigenvalue weighted by Gasteiger charge is 2.34. The number of nitro groups is 1. The van der Waals surface area contributed by atoms with Crippen LogP contribution in [0.2, 0.25) is 0 Å². The normalized spacial score (nSPS) is 18.7. The second-order valence-electron chi connectivity index (χ2n) is 14.5. The highest BCUT2D eigenvalue weighted by molar-refractivity contribution is 5.76. The number of nitro benzene ring substituents is 1. The molecule has 3 atom stereocenters. The summed E-state index contributed by atoms with van der Waals surface area (Å²) in [5, 5.41) is 32.3. The highest BCUT2D eigenvalue weighted by atomic mass is 16.7. The van der Waals surface area contributed by atoms with Gasteiger partial charge in [-0.25, -0.2) is 5.48 Å². The van der Waals surface area contributed by atoms with Gasteiger partial charge in [0.25, 0.3) is 5.69 Å². The summed E-state index contributed by atoms with van der Waals surface area (Å²) in [6.07, 6.45) is 3.63. The number of nitrogens with zero attached hydrogens (tertiary/aromatic N) is 3. The number of piperazine rings is 1. The van der Waals surface area contributed by atoms with E-state index in [0.29, 0.717) is 25.8 Å². The molecule has 2 aliphatic rings. The molecule has 0 spiro atoms. The number of unbranched alkanes of at least 4 members (excludes halogenated alkanes) is 3. The molecule has 0 radical (unpaired) electrons. The second kappa shape index (κ2) is 20.1. The Kier molecular flexibility index (Phi) is 14.5. The quantitative estimate of drug-likeness (QED) is 0.0399. The molecule has 0 aliphatic carbocycles. The van der Waals surface area contributed by atoms with E-state index in [1.54, 1.807) is 17.6 Å². The number of aliphatic hydroxyl groups excluding tert-OH is 1. The van der Waals surface area contributed by atoms with Crippen molar-refractivity contribution in [3.63, 3.8) is 0 Å². The minimum absolute atomic E-state index is 0.00852. The monoisotopic (exact) mass is 765 g/mol. The van der Waals surface area contributed by atoms with Crippen LogP contribution in [0.15, 0.2) is 97.1 Å². The lowest BCUT2D eigenvalue weighted by atomic mass is 9.98. The van der Waals surface area contributed by atoms with E-state index in [1.165, 1.54) is 0 Å². The van der Waals surface area contributed by atoms with Crippen LogP contribution in [0.4, 0.5) is 11.4 Å². The molecule has 2 aliphatic heterocycles. The third kappa shape index (κ3) is 11.4. The molecule has 6 rings (SSSR count). The second-order valence-corrected chi connectivity index (χ2v) is 14.5. The first kappa shape index (κ1) is 40.5. The fraction of sp³-hybridized carbons (Fsp3) is 0.395. The summed E-state index contributed by atoms with van der Waals surface area (Å²) in [6.45, 7) is 4.44. The van der Waals surface area contributed by atoms with E-state index in [1.807, 2.05) is 60.7 Å². The van der Waals surface area contributed by atoms with Crippen molar-refractivity contribution in [2.24, 2.45) is 0 Å². The predicted octanol–water partition coefficient (Wildman–Crippen LogP) is 6.58. The van der Waals surface area contributed by atoms with Gasteiger partial charge in [-0.1, -0.05) is 79.6 Å². The third-order valence-corrected chi connectivity index (χ3v) is 10.5. The van der Waals surface area contributed by atoms with Crippen molar-refractivity contribution in [3.8, 4) is 11.1 Å². The first-order valence-electron chi connectivity index (χ1n) is 19.4. The number of carbonyl (C=O) groups excluding carboxylic acids is 2. The van der Waals surface area contributed by atoms with Crippen LogP contribution in [0.5, 0.6) is 0 Å². The van der Waals surface area contributed by atoms with E-state index < -0.39 is 6.29 Å². The van der Waals surface area contributed by atoms with Crippen LogP contribution >= 0.6 is 0 Å². The standard InChI is InChI=1S/C43H51N5O8/c49-30-31-10-12-34(13-11-31)40-27-39(29-46-22-24-47(25-23-46)37-18-20-38(21-19-37)48(53)54)55-43(56-40)35-16-14-33(15-17-35)36-7-5-6-32(26-36)28-44-41(50)8-3-1-2-4-9-42(51)45-52/h5-7,10-21,26,39-40,43,49,52H,1-4,8-9,22-25,27-30H2,(H,44,50)(H,45,51). The molecular formula is C43H51N5O8. The van der Waals surface area contributed by atoms with Crippen molar-refractivity contribution in [3.05, 3.63) is 129 Å². The van der Waals surface area contributed by atoms with Gasteiger partial charge in [0.1, 0.15) is 0 Å². The molecule has 4 N–H and O–H groups in total. The lowest BCUT2D eigenvalue weighted by Gasteiger charge is -2.41. The molecule has 2 fully saturated rings. The molecule has 13 nitrogen and oxygen atoms in total. The lowest BCUT2D eigenvalue weighted by Crippen LogP contribution is -2.49. The van der Waals surface area contributed by atoms with Gasteiger partial charge >= 0.3 is 0 Å². The number of ether oxygens (including phenoxy) is 2. The number of hydrogen-bond donors (Lipinski definition) is 4. The van der Waals surface area contributed by atoms with E-state index in [9.17, 15) is 24.8 Å². The molecule has 0 bridgehead atoms. The van der Waals surface area contributed by atoms with Gasteiger partial charge in [-0.2, -0.15) is 0 Å². The maximum atomic E-state index is 12.5. The summed E-state index contributed by atoms with van der Waals surface area (Å²) in [4.78, 5) is 38.9. The zero-order chi connectivity index (χ0) is 39.3. The van der Waals surface area contributed by atoms with E-state index >= 15 is 0 Å². The Hall–Kier alpha value is -5.18. The number of anilines is 1. The topological polar surface area (TPSA) is 167 Å². The Morgan fingerprint density at radius 3 is 2.11 bits per heavy atom. The maximum Gasteiger partial charge on any atom is 0.269 e. The molecule has 0 saturated carbocycles. The number of hydrogen-bond acceptors (Lipinski definition) is 10. The Bertz CT molecular complexity index is 1880. The summed E-state index contributed by atoms with van der Waals surface area (Å²) < 4.78 is 13.3. The number of carbonyl (C=O) groups is 2. The van der Waals surface area contributed by atoms with Crippen LogP contribution in [0, 0.1) is 10.1 Å². The van der Waals surface area contributed by atoms with Gasteiger partial charge < -0.3 is 24.8 Å².